The molecule has 0 saturated heterocycles. The van der Waals surface area contributed by atoms with Gasteiger partial charge < -0.3 is 5.11 Å². The standard InChI is InChI=1S/C19H32ClNO/c1-4-11-19(22,12-5-2)13-9-17-7-6-8-18(15-17)16(3)10-14-21-20/h6-8,15-16,21-22H,4-5,9-14H2,1-3H3. The number of aliphatic hydroxyl groups is 1. The first-order chi connectivity index (χ1) is 10.5. The Morgan fingerprint density at radius 2 is 1.86 bits per heavy atom. The zero-order chi connectivity index (χ0) is 16.4. The lowest BCUT2D eigenvalue weighted by atomic mass is 9.86. The molecule has 0 spiro atoms. The summed E-state index contributed by atoms with van der Waals surface area (Å²) >= 11 is 5.55. The molecule has 2 N–H and O–H groups in total. The summed E-state index contributed by atoms with van der Waals surface area (Å²) in [6.07, 6.45) is 6.72. The third kappa shape index (κ3) is 6.68. The van der Waals surface area contributed by atoms with E-state index in [-0.39, 0.29) is 0 Å². The second-order valence-electron chi connectivity index (χ2n) is 6.54. The predicted molar refractivity (Wildman–Crippen MR) is 96.4 cm³/mol. The van der Waals surface area contributed by atoms with Crippen molar-refractivity contribution in [3.8, 4) is 0 Å². The molecule has 0 aromatic heterocycles. The van der Waals surface area contributed by atoms with Crippen molar-refractivity contribution >= 4 is 11.8 Å². The van der Waals surface area contributed by atoms with E-state index < -0.39 is 5.60 Å². The van der Waals surface area contributed by atoms with Gasteiger partial charge in [0, 0.05) is 6.54 Å². The fraction of sp³-hybridized carbons (Fsp3) is 0.684. The Morgan fingerprint density at radius 3 is 2.45 bits per heavy atom. The van der Waals surface area contributed by atoms with Gasteiger partial charge in [0.25, 0.3) is 0 Å². The van der Waals surface area contributed by atoms with Gasteiger partial charge in [-0.3, -0.25) is 0 Å². The summed E-state index contributed by atoms with van der Waals surface area (Å²) in [7, 11) is 0. The van der Waals surface area contributed by atoms with Crippen molar-refractivity contribution in [3.63, 3.8) is 0 Å². The van der Waals surface area contributed by atoms with Gasteiger partial charge in [-0.25, -0.2) is 4.84 Å². The normalized spacial score (nSPS) is 13.3. The zero-order valence-corrected chi connectivity index (χ0v) is 15.1. The van der Waals surface area contributed by atoms with E-state index >= 15 is 0 Å². The lowest BCUT2D eigenvalue weighted by molar-refractivity contribution is 0.0132. The second kappa shape index (κ2) is 10.3. The molecule has 0 saturated carbocycles. The highest BCUT2D eigenvalue weighted by atomic mass is 35.5. The SMILES string of the molecule is CCCC(O)(CCC)CCc1cccc(C(C)CCNCl)c1. The molecule has 3 heteroatoms. The smallest absolute Gasteiger partial charge is 0.0650 e. The average Bonchev–Trinajstić information content (AvgIpc) is 2.51. The van der Waals surface area contributed by atoms with Crippen LogP contribution in [0, 0.1) is 0 Å². The van der Waals surface area contributed by atoms with Crippen LogP contribution in [0.1, 0.15) is 76.3 Å². The monoisotopic (exact) mass is 325 g/mol. The van der Waals surface area contributed by atoms with E-state index in [2.05, 4.69) is 49.9 Å². The largest absolute Gasteiger partial charge is 0.390 e. The van der Waals surface area contributed by atoms with Crippen molar-refractivity contribution < 1.29 is 5.11 Å². The van der Waals surface area contributed by atoms with Crippen LogP contribution in [-0.4, -0.2) is 17.3 Å². The van der Waals surface area contributed by atoms with Crippen molar-refractivity contribution in [3.05, 3.63) is 35.4 Å². The van der Waals surface area contributed by atoms with Gasteiger partial charge in [0.05, 0.1) is 5.60 Å². The van der Waals surface area contributed by atoms with Crippen LogP contribution in [0.4, 0.5) is 0 Å². The highest BCUT2D eigenvalue weighted by Gasteiger charge is 2.24. The topological polar surface area (TPSA) is 32.3 Å². The Kier molecular flexibility index (Phi) is 9.08. The number of aryl methyl sites for hydroxylation is 1. The fourth-order valence-electron chi connectivity index (χ4n) is 3.18. The molecule has 1 unspecified atom stereocenters. The number of benzene rings is 1. The molecule has 0 heterocycles. The van der Waals surface area contributed by atoms with E-state index in [1.54, 1.807) is 0 Å². The molecule has 1 aromatic rings. The Labute approximate surface area is 141 Å². The molecule has 0 fully saturated rings. The van der Waals surface area contributed by atoms with Gasteiger partial charge in [-0.15, -0.1) is 0 Å². The number of hydrogen-bond donors (Lipinski definition) is 2. The quantitative estimate of drug-likeness (QED) is 0.549. The van der Waals surface area contributed by atoms with E-state index in [1.807, 2.05) is 0 Å². The first kappa shape index (κ1) is 19.5. The number of halogens is 1. The van der Waals surface area contributed by atoms with Gasteiger partial charge in [-0.1, -0.05) is 57.9 Å². The Hall–Kier alpha value is -0.570. The van der Waals surface area contributed by atoms with Crippen LogP contribution in [0.5, 0.6) is 0 Å². The minimum Gasteiger partial charge on any atom is -0.390 e. The summed E-state index contributed by atoms with van der Waals surface area (Å²) < 4.78 is 0. The Bertz CT molecular complexity index is 416. The number of nitrogens with one attached hydrogen (secondary N) is 1. The zero-order valence-electron chi connectivity index (χ0n) is 14.4. The van der Waals surface area contributed by atoms with Crippen LogP contribution in [0.25, 0.3) is 0 Å². The summed E-state index contributed by atoms with van der Waals surface area (Å²) in [6.45, 7) is 7.35. The highest BCUT2D eigenvalue weighted by Crippen LogP contribution is 2.26. The van der Waals surface area contributed by atoms with Crippen LogP contribution < -0.4 is 4.84 Å². The van der Waals surface area contributed by atoms with Crippen molar-refractivity contribution in [2.75, 3.05) is 6.54 Å². The van der Waals surface area contributed by atoms with Crippen LogP contribution in [0.3, 0.4) is 0 Å². The minimum absolute atomic E-state index is 0.492. The maximum Gasteiger partial charge on any atom is 0.0650 e. The molecule has 2 nitrogen and oxygen atoms in total. The molecule has 0 amide bonds. The van der Waals surface area contributed by atoms with Gasteiger partial charge in [0.2, 0.25) is 0 Å². The summed E-state index contributed by atoms with van der Waals surface area (Å²) in [5.41, 5.74) is 2.20. The Morgan fingerprint density at radius 1 is 1.18 bits per heavy atom. The molecule has 0 radical (unpaired) electrons. The minimum atomic E-state index is -0.492. The molecule has 0 aliphatic heterocycles. The van der Waals surface area contributed by atoms with Crippen molar-refractivity contribution in [1.29, 1.82) is 0 Å². The van der Waals surface area contributed by atoms with Crippen LogP contribution in [0.15, 0.2) is 24.3 Å². The molecule has 22 heavy (non-hydrogen) atoms. The molecule has 126 valence electrons. The molecular weight excluding hydrogens is 294 g/mol. The van der Waals surface area contributed by atoms with Gasteiger partial charge >= 0.3 is 0 Å². The molecule has 1 aromatic carbocycles. The average molecular weight is 326 g/mol. The van der Waals surface area contributed by atoms with Crippen molar-refractivity contribution in [2.24, 2.45) is 0 Å². The van der Waals surface area contributed by atoms with Crippen LogP contribution in [0.2, 0.25) is 0 Å². The van der Waals surface area contributed by atoms with Gasteiger partial charge in [-0.05, 0) is 60.9 Å². The van der Waals surface area contributed by atoms with Crippen LogP contribution >= 0.6 is 11.8 Å². The number of rotatable bonds is 11. The Balaban J connectivity index is 2.65. The summed E-state index contributed by atoms with van der Waals surface area (Å²) in [5, 5.41) is 10.7. The molecule has 1 atom stereocenters. The van der Waals surface area contributed by atoms with E-state index in [0.717, 1.165) is 51.5 Å². The van der Waals surface area contributed by atoms with Crippen molar-refractivity contribution in [1.82, 2.24) is 4.84 Å². The maximum atomic E-state index is 10.7. The van der Waals surface area contributed by atoms with Gasteiger partial charge in [0.15, 0.2) is 0 Å². The summed E-state index contributed by atoms with van der Waals surface area (Å²) in [6, 6.07) is 8.78. The fourth-order valence-corrected chi connectivity index (χ4v) is 3.28. The molecule has 0 aliphatic rings. The molecule has 0 bridgehead atoms. The second-order valence-corrected chi connectivity index (χ2v) is 6.81. The van der Waals surface area contributed by atoms with E-state index in [0.29, 0.717) is 5.92 Å². The van der Waals surface area contributed by atoms with Gasteiger partial charge in [-0.2, -0.15) is 0 Å². The third-order valence-corrected chi connectivity index (χ3v) is 4.69. The number of hydrogen-bond acceptors (Lipinski definition) is 2. The highest BCUT2D eigenvalue weighted by molar-refractivity contribution is 6.13. The first-order valence-electron chi connectivity index (χ1n) is 8.69. The molecule has 1 rings (SSSR count). The third-order valence-electron chi connectivity index (χ3n) is 4.50. The van der Waals surface area contributed by atoms with E-state index in [4.69, 9.17) is 11.8 Å². The molecule has 0 aliphatic carbocycles. The lowest BCUT2D eigenvalue weighted by Gasteiger charge is -2.27. The molecular formula is C19H32ClNO. The lowest BCUT2D eigenvalue weighted by Crippen LogP contribution is -2.28. The summed E-state index contributed by atoms with van der Waals surface area (Å²) in [4.78, 5) is 2.70. The first-order valence-corrected chi connectivity index (χ1v) is 9.07. The summed E-state index contributed by atoms with van der Waals surface area (Å²) in [5.74, 6) is 0.497. The predicted octanol–water partition coefficient (Wildman–Crippen LogP) is 5.19. The maximum absolute atomic E-state index is 10.7. The van der Waals surface area contributed by atoms with E-state index in [9.17, 15) is 5.11 Å². The van der Waals surface area contributed by atoms with E-state index in [1.165, 1.54) is 11.1 Å². The van der Waals surface area contributed by atoms with Crippen LogP contribution in [-0.2, 0) is 6.42 Å². The van der Waals surface area contributed by atoms with Crippen molar-refractivity contribution in [2.45, 2.75) is 77.2 Å². The van der Waals surface area contributed by atoms with Gasteiger partial charge in [0.1, 0.15) is 0 Å².